The van der Waals surface area contributed by atoms with Crippen LogP contribution in [0.15, 0.2) is 5.10 Å². The minimum Gasteiger partial charge on any atom is -0.446 e. The van der Waals surface area contributed by atoms with Crippen LogP contribution in [-0.2, 0) is 4.74 Å². The molecule has 4 nitrogen and oxygen atoms in total. The maximum absolute atomic E-state index is 11.3. The standard InChI is InChI=1S/C10H18N2O2/c1-7(2)5-11-12-9(8(3)4)6-14-10(12)13/h5,7-9H,6H2,1-4H3/b11-5+/t9-/m1/s1. The molecule has 0 unspecified atom stereocenters. The van der Waals surface area contributed by atoms with Gasteiger partial charge in [0.15, 0.2) is 0 Å². The molecule has 1 atom stereocenters. The number of carbonyl (C=O) groups excluding carboxylic acids is 1. The maximum Gasteiger partial charge on any atom is 0.430 e. The van der Waals surface area contributed by atoms with Crippen LogP contribution in [0.1, 0.15) is 27.7 Å². The zero-order chi connectivity index (χ0) is 10.7. The Balaban J connectivity index is 2.67. The normalized spacial score (nSPS) is 22.9. The highest BCUT2D eigenvalue weighted by atomic mass is 16.6. The molecule has 80 valence electrons. The van der Waals surface area contributed by atoms with Crippen LogP contribution >= 0.6 is 0 Å². The van der Waals surface area contributed by atoms with E-state index in [-0.39, 0.29) is 12.1 Å². The van der Waals surface area contributed by atoms with E-state index in [0.29, 0.717) is 18.4 Å². The minimum atomic E-state index is -0.333. The van der Waals surface area contributed by atoms with Crippen molar-refractivity contribution in [1.82, 2.24) is 5.01 Å². The summed E-state index contributed by atoms with van der Waals surface area (Å²) in [5.74, 6) is 0.710. The quantitative estimate of drug-likeness (QED) is 0.652. The van der Waals surface area contributed by atoms with Gasteiger partial charge < -0.3 is 4.74 Å². The van der Waals surface area contributed by atoms with Crippen LogP contribution in [0.3, 0.4) is 0 Å². The largest absolute Gasteiger partial charge is 0.446 e. The number of hydrogen-bond acceptors (Lipinski definition) is 3. The molecule has 1 rings (SSSR count). The second kappa shape index (κ2) is 4.44. The molecule has 0 aromatic rings. The summed E-state index contributed by atoms with van der Waals surface area (Å²) in [5.41, 5.74) is 0. The molecule has 0 N–H and O–H groups in total. The van der Waals surface area contributed by atoms with Gasteiger partial charge in [-0.25, -0.2) is 4.79 Å². The molecular weight excluding hydrogens is 180 g/mol. The molecule has 0 bridgehead atoms. The van der Waals surface area contributed by atoms with Crippen LogP contribution in [-0.4, -0.2) is 30.0 Å². The van der Waals surface area contributed by atoms with E-state index in [4.69, 9.17) is 4.74 Å². The van der Waals surface area contributed by atoms with E-state index in [1.54, 1.807) is 6.21 Å². The van der Waals surface area contributed by atoms with Crippen molar-refractivity contribution >= 4 is 12.3 Å². The molecule has 1 aliphatic rings. The fraction of sp³-hybridized carbons (Fsp3) is 0.800. The molecule has 0 aromatic heterocycles. The summed E-state index contributed by atoms with van der Waals surface area (Å²) in [6.45, 7) is 8.62. The third-order valence-electron chi connectivity index (χ3n) is 2.14. The van der Waals surface area contributed by atoms with Crippen LogP contribution in [0.25, 0.3) is 0 Å². The van der Waals surface area contributed by atoms with Gasteiger partial charge in [-0.2, -0.15) is 10.1 Å². The summed E-state index contributed by atoms with van der Waals surface area (Å²) >= 11 is 0. The summed E-state index contributed by atoms with van der Waals surface area (Å²) in [7, 11) is 0. The van der Waals surface area contributed by atoms with Crippen molar-refractivity contribution in [3.8, 4) is 0 Å². The van der Waals surface area contributed by atoms with Crippen molar-refractivity contribution in [3.05, 3.63) is 0 Å². The van der Waals surface area contributed by atoms with Gasteiger partial charge in [-0.15, -0.1) is 0 Å². The topological polar surface area (TPSA) is 41.9 Å². The molecular formula is C10H18N2O2. The van der Waals surface area contributed by atoms with Crippen molar-refractivity contribution in [2.45, 2.75) is 33.7 Å². The third-order valence-corrected chi connectivity index (χ3v) is 2.14. The first-order valence-corrected chi connectivity index (χ1v) is 5.02. The molecule has 14 heavy (non-hydrogen) atoms. The summed E-state index contributed by atoms with van der Waals surface area (Å²) in [4.78, 5) is 11.3. The number of carbonyl (C=O) groups is 1. The van der Waals surface area contributed by atoms with Crippen LogP contribution in [0, 0.1) is 11.8 Å². The molecule has 0 spiro atoms. The van der Waals surface area contributed by atoms with Crippen molar-refractivity contribution < 1.29 is 9.53 Å². The van der Waals surface area contributed by atoms with Crippen molar-refractivity contribution in [3.63, 3.8) is 0 Å². The van der Waals surface area contributed by atoms with Gasteiger partial charge in [-0.05, 0) is 11.8 Å². The fourth-order valence-electron chi connectivity index (χ4n) is 1.24. The molecule has 0 aromatic carbocycles. The van der Waals surface area contributed by atoms with Gasteiger partial charge in [0, 0.05) is 6.21 Å². The Kier molecular flexibility index (Phi) is 3.49. The SMILES string of the molecule is CC(C)/C=N/N1C(=O)OC[C@@H]1C(C)C. The second-order valence-corrected chi connectivity index (χ2v) is 4.24. The van der Waals surface area contributed by atoms with Crippen LogP contribution in [0.2, 0.25) is 0 Å². The van der Waals surface area contributed by atoms with Crippen LogP contribution in [0.5, 0.6) is 0 Å². The highest BCUT2D eigenvalue weighted by molar-refractivity contribution is 5.72. The maximum atomic E-state index is 11.3. The summed E-state index contributed by atoms with van der Waals surface area (Å²) in [6.07, 6.45) is 1.43. The summed E-state index contributed by atoms with van der Waals surface area (Å²) in [6, 6.07) is 0.0810. The van der Waals surface area contributed by atoms with Gasteiger partial charge in [0.1, 0.15) is 6.61 Å². The average molecular weight is 198 g/mol. The van der Waals surface area contributed by atoms with Gasteiger partial charge in [0.2, 0.25) is 0 Å². The average Bonchev–Trinajstić information content (AvgIpc) is 2.43. The first-order chi connectivity index (χ1) is 6.52. The van der Waals surface area contributed by atoms with E-state index in [1.807, 2.05) is 13.8 Å². The first-order valence-electron chi connectivity index (χ1n) is 5.02. The highest BCUT2D eigenvalue weighted by Crippen LogP contribution is 2.19. The summed E-state index contributed by atoms with van der Waals surface area (Å²) < 4.78 is 4.94. The van der Waals surface area contributed by atoms with Gasteiger partial charge in [-0.1, -0.05) is 27.7 Å². The fourth-order valence-corrected chi connectivity index (χ4v) is 1.24. The smallest absolute Gasteiger partial charge is 0.430 e. The lowest BCUT2D eigenvalue weighted by Crippen LogP contribution is -2.33. The third kappa shape index (κ3) is 2.47. The molecule has 1 heterocycles. The number of cyclic esters (lactones) is 1. The van der Waals surface area contributed by atoms with Gasteiger partial charge in [-0.3, -0.25) is 0 Å². The zero-order valence-electron chi connectivity index (χ0n) is 9.23. The van der Waals surface area contributed by atoms with Crippen LogP contribution < -0.4 is 0 Å². The molecule has 1 saturated heterocycles. The number of hydrazone groups is 1. The molecule has 1 amide bonds. The Labute approximate surface area is 84.9 Å². The Morgan fingerprint density at radius 2 is 2.14 bits per heavy atom. The Morgan fingerprint density at radius 1 is 1.50 bits per heavy atom. The number of rotatable bonds is 3. The first kappa shape index (κ1) is 11.0. The van der Waals surface area contributed by atoms with E-state index in [0.717, 1.165) is 0 Å². The predicted octanol–water partition coefficient (Wildman–Crippen LogP) is 2.10. The van der Waals surface area contributed by atoms with Gasteiger partial charge >= 0.3 is 6.09 Å². The number of ether oxygens (including phenoxy) is 1. The molecule has 1 fully saturated rings. The Bertz CT molecular complexity index is 236. The van der Waals surface area contributed by atoms with Crippen molar-refractivity contribution in [1.29, 1.82) is 0 Å². The lowest BCUT2D eigenvalue weighted by molar-refractivity contribution is 0.158. The van der Waals surface area contributed by atoms with Gasteiger partial charge in [0.25, 0.3) is 0 Å². The Morgan fingerprint density at radius 3 is 2.64 bits per heavy atom. The lowest BCUT2D eigenvalue weighted by atomic mass is 10.1. The minimum absolute atomic E-state index is 0.0810. The van der Waals surface area contributed by atoms with Crippen molar-refractivity contribution in [2.24, 2.45) is 16.9 Å². The molecule has 0 saturated carbocycles. The summed E-state index contributed by atoms with van der Waals surface area (Å²) in [5, 5.41) is 5.59. The predicted molar refractivity (Wildman–Crippen MR) is 55.1 cm³/mol. The van der Waals surface area contributed by atoms with E-state index in [9.17, 15) is 4.79 Å². The Hall–Kier alpha value is -1.06. The monoisotopic (exact) mass is 198 g/mol. The van der Waals surface area contributed by atoms with E-state index in [1.165, 1.54) is 5.01 Å². The van der Waals surface area contributed by atoms with E-state index < -0.39 is 0 Å². The van der Waals surface area contributed by atoms with E-state index >= 15 is 0 Å². The highest BCUT2D eigenvalue weighted by Gasteiger charge is 2.34. The molecule has 1 aliphatic heterocycles. The number of nitrogens with zero attached hydrogens (tertiary/aromatic N) is 2. The van der Waals surface area contributed by atoms with Crippen molar-refractivity contribution in [2.75, 3.05) is 6.61 Å². The molecule has 4 heteroatoms. The van der Waals surface area contributed by atoms with Gasteiger partial charge in [0.05, 0.1) is 6.04 Å². The van der Waals surface area contributed by atoms with E-state index in [2.05, 4.69) is 18.9 Å². The molecule has 0 aliphatic carbocycles. The van der Waals surface area contributed by atoms with Crippen LogP contribution in [0.4, 0.5) is 4.79 Å². The molecule has 0 radical (unpaired) electrons. The lowest BCUT2D eigenvalue weighted by Gasteiger charge is -2.19. The zero-order valence-corrected chi connectivity index (χ0v) is 9.23. The second-order valence-electron chi connectivity index (χ2n) is 4.24. The number of hydrogen-bond donors (Lipinski definition) is 0. The number of amides is 1.